The fourth-order valence-corrected chi connectivity index (χ4v) is 3.19. The van der Waals surface area contributed by atoms with Gasteiger partial charge >= 0.3 is 0 Å². The maximum absolute atomic E-state index is 9.48. The van der Waals surface area contributed by atoms with Gasteiger partial charge in [-0.25, -0.2) is 0 Å². The van der Waals surface area contributed by atoms with Crippen molar-refractivity contribution in [2.24, 2.45) is 5.92 Å². The number of morpholine rings is 1. The van der Waals surface area contributed by atoms with Gasteiger partial charge in [0.1, 0.15) is 0 Å². The molecule has 4 nitrogen and oxygen atoms in total. The number of aliphatic hydroxyl groups is 1. The molecular formula is C14H28N2O2. The number of hydrogen-bond acceptors (Lipinski definition) is 4. The third-order valence-corrected chi connectivity index (χ3v) is 4.52. The normalized spacial score (nSPS) is 35.5. The monoisotopic (exact) mass is 256 g/mol. The molecule has 18 heavy (non-hydrogen) atoms. The lowest BCUT2D eigenvalue weighted by atomic mass is 10.0. The fourth-order valence-electron chi connectivity index (χ4n) is 3.19. The highest BCUT2D eigenvalue weighted by Gasteiger charge is 2.33. The van der Waals surface area contributed by atoms with E-state index in [4.69, 9.17) is 4.74 Å². The minimum Gasteiger partial charge on any atom is -0.395 e. The molecule has 2 aliphatic rings. The summed E-state index contributed by atoms with van der Waals surface area (Å²) in [4.78, 5) is 4.90. The first-order chi connectivity index (χ1) is 8.61. The first-order valence-electron chi connectivity index (χ1n) is 7.32. The summed E-state index contributed by atoms with van der Waals surface area (Å²) in [5, 5.41) is 9.48. The average Bonchev–Trinajstić information content (AvgIpc) is 2.70. The largest absolute Gasteiger partial charge is 0.395 e. The first-order valence-corrected chi connectivity index (χ1v) is 7.32. The van der Waals surface area contributed by atoms with Crippen molar-refractivity contribution in [1.29, 1.82) is 0 Å². The molecule has 106 valence electrons. The van der Waals surface area contributed by atoms with Crippen LogP contribution >= 0.6 is 0 Å². The molecule has 0 aliphatic carbocycles. The van der Waals surface area contributed by atoms with Crippen LogP contribution in [0.4, 0.5) is 0 Å². The predicted octanol–water partition coefficient (Wildman–Crippen LogP) is 0.798. The van der Waals surface area contributed by atoms with Crippen molar-refractivity contribution in [2.75, 3.05) is 39.4 Å². The summed E-state index contributed by atoms with van der Waals surface area (Å²) in [5.74, 6) is 0.611. The van der Waals surface area contributed by atoms with E-state index in [9.17, 15) is 5.11 Å². The van der Waals surface area contributed by atoms with Crippen molar-refractivity contribution in [1.82, 2.24) is 9.80 Å². The summed E-state index contributed by atoms with van der Waals surface area (Å²) >= 11 is 0. The molecule has 2 heterocycles. The van der Waals surface area contributed by atoms with E-state index in [1.165, 1.54) is 6.42 Å². The number of hydrogen-bond donors (Lipinski definition) is 1. The maximum Gasteiger partial charge on any atom is 0.0829 e. The van der Waals surface area contributed by atoms with Crippen molar-refractivity contribution in [3.8, 4) is 0 Å². The third-order valence-electron chi connectivity index (χ3n) is 4.52. The molecule has 2 saturated heterocycles. The lowest BCUT2D eigenvalue weighted by Crippen LogP contribution is -2.51. The molecule has 1 N–H and O–H groups in total. The van der Waals surface area contributed by atoms with E-state index in [1.807, 2.05) is 0 Å². The van der Waals surface area contributed by atoms with Gasteiger partial charge in [0.15, 0.2) is 0 Å². The highest BCUT2D eigenvalue weighted by atomic mass is 16.5. The van der Waals surface area contributed by atoms with Crippen molar-refractivity contribution < 1.29 is 9.84 Å². The van der Waals surface area contributed by atoms with Gasteiger partial charge in [0.2, 0.25) is 0 Å². The Morgan fingerprint density at radius 3 is 2.78 bits per heavy atom. The van der Waals surface area contributed by atoms with Gasteiger partial charge in [-0.05, 0) is 32.7 Å². The summed E-state index contributed by atoms with van der Waals surface area (Å²) in [6.07, 6.45) is 1.51. The Balaban J connectivity index is 1.85. The average molecular weight is 256 g/mol. The van der Waals surface area contributed by atoms with Crippen LogP contribution in [0, 0.1) is 5.92 Å². The fraction of sp³-hybridized carbons (Fsp3) is 1.00. The summed E-state index contributed by atoms with van der Waals surface area (Å²) in [5.41, 5.74) is 0. The van der Waals surface area contributed by atoms with Gasteiger partial charge in [-0.2, -0.15) is 0 Å². The standard InChI is InChI=1S/C14H28N2O2/c1-11(2)15-6-7-18-13(8-15)9-16-5-4-12(3)14(16)10-17/h11-14,17H,4-10H2,1-3H3. The molecular weight excluding hydrogens is 228 g/mol. The minimum atomic E-state index is 0.280. The molecule has 2 aliphatic heterocycles. The zero-order valence-corrected chi connectivity index (χ0v) is 12.0. The summed E-state index contributed by atoms with van der Waals surface area (Å²) in [7, 11) is 0. The van der Waals surface area contributed by atoms with Crippen LogP contribution in [0.1, 0.15) is 27.2 Å². The van der Waals surface area contributed by atoms with E-state index >= 15 is 0 Å². The predicted molar refractivity (Wildman–Crippen MR) is 72.7 cm³/mol. The highest BCUT2D eigenvalue weighted by Crippen LogP contribution is 2.24. The molecule has 0 aromatic carbocycles. The first kappa shape index (κ1) is 14.3. The summed E-state index contributed by atoms with van der Waals surface area (Å²) in [6.45, 7) is 12.0. The van der Waals surface area contributed by atoms with Gasteiger partial charge < -0.3 is 9.84 Å². The molecule has 0 amide bonds. The molecule has 3 unspecified atom stereocenters. The van der Waals surface area contributed by atoms with E-state index in [1.54, 1.807) is 0 Å². The summed E-state index contributed by atoms with van der Waals surface area (Å²) in [6, 6.07) is 0.936. The molecule has 2 fully saturated rings. The van der Waals surface area contributed by atoms with Gasteiger partial charge in [0, 0.05) is 31.7 Å². The van der Waals surface area contributed by atoms with Crippen LogP contribution in [-0.4, -0.2) is 72.5 Å². The van der Waals surface area contributed by atoms with Gasteiger partial charge in [-0.3, -0.25) is 9.80 Å². The highest BCUT2D eigenvalue weighted by molar-refractivity contribution is 4.87. The topological polar surface area (TPSA) is 35.9 Å². The molecule has 0 saturated carbocycles. The molecule has 3 atom stereocenters. The molecule has 0 aromatic rings. The number of aliphatic hydroxyl groups excluding tert-OH is 1. The number of ether oxygens (including phenoxy) is 1. The molecule has 0 spiro atoms. The van der Waals surface area contributed by atoms with Gasteiger partial charge in [-0.1, -0.05) is 6.92 Å². The van der Waals surface area contributed by atoms with E-state index in [0.717, 1.165) is 32.8 Å². The van der Waals surface area contributed by atoms with Crippen LogP contribution in [0.25, 0.3) is 0 Å². The van der Waals surface area contributed by atoms with E-state index in [-0.39, 0.29) is 6.61 Å². The molecule has 4 heteroatoms. The van der Waals surface area contributed by atoms with Crippen molar-refractivity contribution in [2.45, 2.75) is 45.4 Å². The van der Waals surface area contributed by atoms with Crippen LogP contribution in [0.2, 0.25) is 0 Å². The van der Waals surface area contributed by atoms with Crippen LogP contribution in [0.15, 0.2) is 0 Å². The number of nitrogens with zero attached hydrogens (tertiary/aromatic N) is 2. The van der Waals surface area contributed by atoms with E-state index < -0.39 is 0 Å². The Labute approximate surface area is 111 Å². The Bertz CT molecular complexity index is 260. The quantitative estimate of drug-likeness (QED) is 0.807. The molecule has 2 rings (SSSR count). The molecule has 0 bridgehead atoms. The zero-order valence-electron chi connectivity index (χ0n) is 12.0. The second-order valence-corrected chi connectivity index (χ2v) is 6.09. The van der Waals surface area contributed by atoms with Crippen LogP contribution < -0.4 is 0 Å². The SMILES string of the molecule is CC1CCN(CC2CN(C(C)C)CCO2)C1CO. The smallest absolute Gasteiger partial charge is 0.0829 e. The van der Waals surface area contributed by atoms with Crippen molar-refractivity contribution >= 4 is 0 Å². The van der Waals surface area contributed by atoms with Crippen LogP contribution in [0.5, 0.6) is 0 Å². The Kier molecular flexibility index (Phi) is 5.01. The van der Waals surface area contributed by atoms with E-state index in [0.29, 0.717) is 24.1 Å². The third kappa shape index (κ3) is 3.23. The lowest BCUT2D eigenvalue weighted by molar-refractivity contribution is -0.0563. The maximum atomic E-state index is 9.48. The Morgan fingerprint density at radius 2 is 2.11 bits per heavy atom. The number of rotatable bonds is 4. The van der Waals surface area contributed by atoms with Gasteiger partial charge in [0.25, 0.3) is 0 Å². The molecule has 0 aromatic heterocycles. The second-order valence-electron chi connectivity index (χ2n) is 6.09. The lowest BCUT2D eigenvalue weighted by Gasteiger charge is -2.38. The number of likely N-dealkylation sites (tertiary alicyclic amines) is 1. The van der Waals surface area contributed by atoms with E-state index in [2.05, 4.69) is 30.6 Å². The van der Waals surface area contributed by atoms with Gasteiger partial charge in [0.05, 0.1) is 19.3 Å². The second kappa shape index (κ2) is 6.33. The van der Waals surface area contributed by atoms with Crippen molar-refractivity contribution in [3.05, 3.63) is 0 Å². The van der Waals surface area contributed by atoms with Gasteiger partial charge in [-0.15, -0.1) is 0 Å². The van der Waals surface area contributed by atoms with Crippen LogP contribution in [0.3, 0.4) is 0 Å². The Hall–Kier alpha value is -0.160. The molecule has 0 radical (unpaired) electrons. The zero-order chi connectivity index (χ0) is 13.1. The van der Waals surface area contributed by atoms with Crippen molar-refractivity contribution in [3.63, 3.8) is 0 Å². The summed E-state index contributed by atoms with van der Waals surface area (Å²) < 4.78 is 5.88. The Morgan fingerprint density at radius 1 is 1.33 bits per heavy atom. The minimum absolute atomic E-state index is 0.280. The van der Waals surface area contributed by atoms with Crippen LogP contribution in [-0.2, 0) is 4.74 Å².